The summed E-state index contributed by atoms with van der Waals surface area (Å²) in [6.07, 6.45) is 1.47. The Labute approximate surface area is 193 Å². The highest BCUT2D eigenvalue weighted by Crippen LogP contribution is 2.33. The summed E-state index contributed by atoms with van der Waals surface area (Å²) >= 11 is 6.11. The van der Waals surface area contributed by atoms with E-state index in [0.29, 0.717) is 5.02 Å². The third-order valence-corrected chi connectivity index (χ3v) is 7.01. The SMILES string of the molecule is CCc1ccc(N2CCCN3C4C(=O)N(Cc5cccc(Cl)c5)C(=O)N(C)C4NC23)cc1. The van der Waals surface area contributed by atoms with Gasteiger partial charge in [-0.1, -0.05) is 42.8 Å². The Kier molecular flexibility index (Phi) is 5.57. The first-order valence-electron chi connectivity index (χ1n) is 11.2. The number of rotatable bonds is 4. The van der Waals surface area contributed by atoms with Crippen LogP contribution in [0.15, 0.2) is 48.5 Å². The number of carbonyl (C=O) groups is 2. The van der Waals surface area contributed by atoms with Crippen LogP contribution in [0.25, 0.3) is 0 Å². The van der Waals surface area contributed by atoms with E-state index in [1.807, 2.05) is 12.1 Å². The molecule has 3 unspecified atom stereocenters. The van der Waals surface area contributed by atoms with Gasteiger partial charge in [0.1, 0.15) is 18.5 Å². The van der Waals surface area contributed by atoms with Crippen molar-refractivity contribution >= 4 is 29.2 Å². The highest BCUT2D eigenvalue weighted by atomic mass is 35.5. The highest BCUT2D eigenvalue weighted by Gasteiger charge is 2.56. The predicted molar refractivity (Wildman–Crippen MR) is 124 cm³/mol. The van der Waals surface area contributed by atoms with Crippen molar-refractivity contribution in [3.8, 4) is 0 Å². The smallest absolute Gasteiger partial charge is 0.328 e. The van der Waals surface area contributed by atoms with Gasteiger partial charge in [-0.05, 0) is 48.2 Å². The van der Waals surface area contributed by atoms with E-state index in [2.05, 4.69) is 46.3 Å². The van der Waals surface area contributed by atoms with E-state index in [1.165, 1.54) is 10.5 Å². The number of halogens is 1. The number of hydrogen-bond donors (Lipinski definition) is 1. The molecule has 0 radical (unpaired) electrons. The van der Waals surface area contributed by atoms with Gasteiger partial charge in [0.05, 0.1) is 6.54 Å². The zero-order valence-electron chi connectivity index (χ0n) is 18.4. The van der Waals surface area contributed by atoms with Gasteiger partial charge < -0.3 is 9.80 Å². The van der Waals surface area contributed by atoms with Gasteiger partial charge in [-0.15, -0.1) is 0 Å². The van der Waals surface area contributed by atoms with Crippen molar-refractivity contribution in [1.29, 1.82) is 0 Å². The van der Waals surface area contributed by atoms with Gasteiger partial charge in [0, 0.05) is 30.8 Å². The number of likely N-dealkylation sites (N-methyl/N-ethyl adjacent to an activating group) is 1. The van der Waals surface area contributed by atoms with Crippen LogP contribution in [0.2, 0.25) is 5.02 Å². The summed E-state index contributed by atoms with van der Waals surface area (Å²) < 4.78 is 0. The molecule has 3 amide bonds. The molecule has 2 aromatic rings. The molecule has 3 heterocycles. The van der Waals surface area contributed by atoms with Crippen LogP contribution in [0.4, 0.5) is 10.5 Å². The second-order valence-electron chi connectivity index (χ2n) is 8.68. The standard InChI is InChI=1S/C24H28ClN5O2/c1-3-16-8-10-19(11-9-16)28-12-5-13-29-20-21(26-23(28)29)27(2)24(32)30(22(20)31)15-17-6-4-7-18(25)14-17/h4,6-11,14,20-21,23,26H,3,5,12-13,15H2,1-2H3. The Bertz CT molecular complexity index is 1030. The zero-order valence-corrected chi connectivity index (χ0v) is 19.1. The number of benzene rings is 2. The van der Waals surface area contributed by atoms with Crippen LogP contribution >= 0.6 is 11.6 Å². The number of nitrogens with zero attached hydrogens (tertiary/aromatic N) is 4. The lowest BCUT2D eigenvalue weighted by Crippen LogP contribution is -2.66. The average Bonchev–Trinajstić information content (AvgIpc) is 3.21. The van der Waals surface area contributed by atoms with E-state index >= 15 is 0 Å². The highest BCUT2D eigenvalue weighted by molar-refractivity contribution is 6.30. The van der Waals surface area contributed by atoms with E-state index in [1.54, 1.807) is 24.1 Å². The maximum absolute atomic E-state index is 13.6. The van der Waals surface area contributed by atoms with Crippen LogP contribution in [-0.4, -0.2) is 65.3 Å². The quantitative estimate of drug-likeness (QED) is 0.771. The van der Waals surface area contributed by atoms with Crippen molar-refractivity contribution in [3.63, 3.8) is 0 Å². The van der Waals surface area contributed by atoms with Gasteiger partial charge in [-0.3, -0.25) is 19.9 Å². The third-order valence-electron chi connectivity index (χ3n) is 6.78. The van der Waals surface area contributed by atoms with Gasteiger partial charge in [-0.25, -0.2) is 4.79 Å². The van der Waals surface area contributed by atoms with Crippen LogP contribution in [0.1, 0.15) is 24.5 Å². The maximum Gasteiger partial charge on any atom is 0.328 e. The Morgan fingerprint density at radius 2 is 1.84 bits per heavy atom. The van der Waals surface area contributed by atoms with E-state index in [9.17, 15) is 9.59 Å². The first-order chi connectivity index (χ1) is 15.5. The van der Waals surface area contributed by atoms with Crippen LogP contribution in [0, 0.1) is 0 Å². The van der Waals surface area contributed by atoms with Gasteiger partial charge in [-0.2, -0.15) is 0 Å². The number of aryl methyl sites for hydroxylation is 1. The van der Waals surface area contributed by atoms with Crippen molar-refractivity contribution in [3.05, 3.63) is 64.7 Å². The lowest BCUT2D eigenvalue weighted by Gasteiger charge is -2.44. The molecule has 0 aromatic heterocycles. The minimum absolute atomic E-state index is 0.128. The van der Waals surface area contributed by atoms with Crippen LogP contribution in [0.5, 0.6) is 0 Å². The molecule has 0 spiro atoms. The van der Waals surface area contributed by atoms with Gasteiger partial charge in [0.25, 0.3) is 5.91 Å². The minimum Gasteiger partial charge on any atom is -0.343 e. The van der Waals surface area contributed by atoms with E-state index in [0.717, 1.165) is 37.2 Å². The van der Waals surface area contributed by atoms with Gasteiger partial charge in [0.15, 0.2) is 0 Å². The van der Waals surface area contributed by atoms with Crippen LogP contribution in [-0.2, 0) is 17.8 Å². The second-order valence-corrected chi connectivity index (χ2v) is 9.12. The molecule has 1 N–H and O–H groups in total. The molecule has 3 atom stereocenters. The maximum atomic E-state index is 13.6. The molecule has 8 heteroatoms. The second kappa shape index (κ2) is 8.39. The number of fused-ring (bicyclic) bond motifs is 3. The minimum atomic E-state index is -0.417. The predicted octanol–water partition coefficient (Wildman–Crippen LogP) is 3.09. The summed E-state index contributed by atoms with van der Waals surface area (Å²) in [7, 11) is 1.77. The Morgan fingerprint density at radius 1 is 1.06 bits per heavy atom. The lowest BCUT2D eigenvalue weighted by atomic mass is 10.1. The largest absolute Gasteiger partial charge is 0.343 e. The molecular formula is C24H28ClN5O2. The van der Waals surface area contributed by atoms with Crippen molar-refractivity contribution in [2.45, 2.75) is 44.8 Å². The summed E-state index contributed by atoms with van der Waals surface area (Å²) in [5.41, 5.74) is 3.26. The summed E-state index contributed by atoms with van der Waals surface area (Å²) in [4.78, 5) is 34.2. The molecule has 0 aliphatic carbocycles. The molecule has 2 aromatic carbocycles. The molecule has 3 fully saturated rings. The Hall–Kier alpha value is -2.61. The fourth-order valence-corrected chi connectivity index (χ4v) is 5.28. The normalized spacial score (nSPS) is 25.8. The molecule has 7 nitrogen and oxygen atoms in total. The number of hydrogen-bond acceptors (Lipinski definition) is 5. The molecule has 3 aliphatic heterocycles. The van der Waals surface area contributed by atoms with Gasteiger partial charge >= 0.3 is 6.03 Å². The summed E-state index contributed by atoms with van der Waals surface area (Å²) in [6, 6.07) is 15.2. The number of carbonyl (C=O) groups excluding carboxylic acids is 2. The van der Waals surface area contributed by atoms with E-state index in [4.69, 9.17) is 11.6 Å². The van der Waals surface area contributed by atoms with Crippen molar-refractivity contribution in [2.75, 3.05) is 25.0 Å². The van der Waals surface area contributed by atoms with Crippen molar-refractivity contribution in [2.24, 2.45) is 0 Å². The average molecular weight is 454 g/mol. The van der Waals surface area contributed by atoms with Crippen LogP contribution in [0.3, 0.4) is 0 Å². The fourth-order valence-electron chi connectivity index (χ4n) is 5.07. The fraction of sp³-hybridized carbons (Fsp3) is 0.417. The number of amides is 3. The summed E-state index contributed by atoms with van der Waals surface area (Å²) in [5, 5.41) is 4.16. The molecule has 0 saturated carbocycles. The van der Waals surface area contributed by atoms with Crippen molar-refractivity contribution < 1.29 is 9.59 Å². The summed E-state index contributed by atoms with van der Waals surface area (Å²) in [6.45, 7) is 4.07. The number of urea groups is 1. The topological polar surface area (TPSA) is 59.1 Å². The first-order valence-corrected chi connectivity index (χ1v) is 11.6. The molecule has 3 aliphatic rings. The monoisotopic (exact) mass is 453 g/mol. The molecular weight excluding hydrogens is 426 g/mol. The molecule has 168 valence electrons. The lowest BCUT2D eigenvalue weighted by molar-refractivity contribution is -0.139. The Balaban J connectivity index is 1.42. The van der Waals surface area contributed by atoms with Crippen LogP contribution < -0.4 is 10.2 Å². The number of anilines is 1. The first kappa shape index (κ1) is 21.2. The number of nitrogens with one attached hydrogen (secondary N) is 1. The summed E-state index contributed by atoms with van der Waals surface area (Å²) in [5.74, 6) is -0.156. The number of imide groups is 1. The molecule has 0 bridgehead atoms. The molecule has 32 heavy (non-hydrogen) atoms. The molecule has 5 rings (SSSR count). The third kappa shape index (κ3) is 3.54. The van der Waals surface area contributed by atoms with E-state index in [-0.39, 0.29) is 30.9 Å². The zero-order chi connectivity index (χ0) is 22.4. The van der Waals surface area contributed by atoms with E-state index < -0.39 is 6.04 Å². The molecule has 3 saturated heterocycles. The van der Waals surface area contributed by atoms with Crippen molar-refractivity contribution in [1.82, 2.24) is 20.0 Å². The Morgan fingerprint density at radius 3 is 2.56 bits per heavy atom. The van der Waals surface area contributed by atoms with Gasteiger partial charge in [0.2, 0.25) is 0 Å².